The van der Waals surface area contributed by atoms with Gasteiger partial charge in [0.05, 0.1) is 5.69 Å². The van der Waals surface area contributed by atoms with E-state index in [1.54, 1.807) is 6.07 Å². The summed E-state index contributed by atoms with van der Waals surface area (Å²) in [6.07, 6.45) is 0.980. The number of H-pyrrole nitrogens is 1. The average molecular weight is 267 g/mol. The third kappa shape index (κ3) is 2.03. The summed E-state index contributed by atoms with van der Waals surface area (Å²) in [6, 6.07) is 11.6. The van der Waals surface area contributed by atoms with Gasteiger partial charge in [-0.1, -0.05) is 37.3 Å². The molecule has 2 heterocycles. The van der Waals surface area contributed by atoms with Gasteiger partial charge in [-0.2, -0.15) is 5.10 Å². The topological polar surface area (TPSA) is 50.7 Å². The van der Waals surface area contributed by atoms with Gasteiger partial charge in [-0.15, -0.1) is 0 Å². The number of rotatable bonds is 3. The lowest BCUT2D eigenvalue weighted by molar-refractivity contribution is 0.612. The highest BCUT2D eigenvalue weighted by Crippen LogP contribution is 2.28. The molecule has 1 aromatic carbocycles. The maximum atomic E-state index is 11.9. The molecule has 102 valence electrons. The molecule has 0 bridgehead atoms. The van der Waals surface area contributed by atoms with E-state index in [-0.39, 0.29) is 5.56 Å². The first-order valence-corrected chi connectivity index (χ1v) is 6.86. The summed E-state index contributed by atoms with van der Waals surface area (Å²) in [7, 11) is 0. The summed E-state index contributed by atoms with van der Waals surface area (Å²) < 4.78 is 1.89. The molecule has 0 aliphatic rings. The summed E-state index contributed by atoms with van der Waals surface area (Å²) >= 11 is 0. The van der Waals surface area contributed by atoms with Crippen molar-refractivity contribution in [3.63, 3.8) is 0 Å². The maximum Gasteiger partial charge on any atom is 0.250 e. The first kappa shape index (κ1) is 12.7. The molecule has 4 nitrogen and oxygen atoms in total. The Morgan fingerprint density at radius 1 is 1.25 bits per heavy atom. The largest absolute Gasteiger partial charge is 0.307 e. The number of benzene rings is 1. The van der Waals surface area contributed by atoms with Crippen molar-refractivity contribution in [2.24, 2.45) is 0 Å². The molecule has 20 heavy (non-hydrogen) atoms. The summed E-state index contributed by atoms with van der Waals surface area (Å²) in [5, 5.41) is 5.59. The van der Waals surface area contributed by atoms with Crippen LogP contribution in [0.2, 0.25) is 0 Å². The quantitative estimate of drug-likeness (QED) is 0.792. The second-order valence-electron chi connectivity index (χ2n) is 4.95. The van der Waals surface area contributed by atoms with Crippen molar-refractivity contribution in [2.75, 3.05) is 0 Å². The van der Waals surface area contributed by atoms with Crippen molar-refractivity contribution in [3.05, 3.63) is 52.4 Å². The zero-order valence-electron chi connectivity index (χ0n) is 11.7. The van der Waals surface area contributed by atoms with E-state index in [0.717, 1.165) is 40.8 Å². The van der Waals surface area contributed by atoms with E-state index in [4.69, 9.17) is 0 Å². The minimum absolute atomic E-state index is 0.0893. The van der Waals surface area contributed by atoms with Crippen molar-refractivity contribution in [1.82, 2.24) is 14.8 Å². The Hall–Kier alpha value is -2.36. The maximum absolute atomic E-state index is 11.9. The van der Waals surface area contributed by atoms with Crippen molar-refractivity contribution < 1.29 is 0 Å². The van der Waals surface area contributed by atoms with Gasteiger partial charge in [-0.25, -0.2) is 4.68 Å². The predicted molar refractivity (Wildman–Crippen MR) is 80.8 cm³/mol. The molecule has 4 heteroatoms. The van der Waals surface area contributed by atoms with Crippen LogP contribution in [0.15, 0.2) is 41.2 Å². The monoisotopic (exact) mass is 267 g/mol. The molecule has 3 rings (SSSR count). The van der Waals surface area contributed by atoms with Crippen LogP contribution < -0.4 is 5.56 Å². The number of fused-ring (bicyclic) bond motifs is 1. The number of hydrogen-bond acceptors (Lipinski definition) is 2. The molecule has 0 fully saturated rings. The Bertz CT molecular complexity index is 800. The lowest BCUT2D eigenvalue weighted by atomic mass is 10.0. The van der Waals surface area contributed by atoms with Gasteiger partial charge < -0.3 is 4.98 Å². The molecule has 0 saturated heterocycles. The van der Waals surface area contributed by atoms with Crippen LogP contribution in [0.25, 0.3) is 22.2 Å². The van der Waals surface area contributed by atoms with Crippen molar-refractivity contribution in [2.45, 2.75) is 26.8 Å². The van der Waals surface area contributed by atoms with Crippen molar-refractivity contribution >= 4 is 11.0 Å². The molecule has 0 amide bonds. The third-order valence-electron chi connectivity index (χ3n) is 3.43. The summed E-state index contributed by atoms with van der Waals surface area (Å²) in [5.41, 5.74) is 3.67. The van der Waals surface area contributed by atoms with E-state index in [2.05, 4.69) is 17.0 Å². The van der Waals surface area contributed by atoms with Crippen LogP contribution in [-0.2, 0) is 6.54 Å². The van der Waals surface area contributed by atoms with E-state index in [1.807, 2.05) is 41.9 Å². The van der Waals surface area contributed by atoms with E-state index >= 15 is 0 Å². The fraction of sp³-hybridized carbons (Fsp3) is 0.250. The molecular weight excluding hydrogens is 250 g/mol. The molecule has 1 N–H and O–H groups in total. The van der Waals surface area contributed by atoms with Gasteiger partial charge in [-0.3, -0.25) is 4.79 Å². The highest BCUT2D eigenvalue weighted by Gasteiger charge is 2.14. The van der Waals surface area contributed by atoms with Gasteiger partial charge in [0.1, 0.15) is 5.65 Å². The minimum atomic E-state index is -0.0893. The van der Waals surface area contributed by atoms with Crippen molar-refractivity contribution in [1.29, 1.82) is 0 Å². The SMILES string of the molecule is CCCn1nc(C)c2c(-c3ccccc3)cc(=O)[nH]c21. The Labute approximate surface area is 117 Å². The third-order valence-corrected chi connectivity index (χ3v) is 3.43. The van der Waals surface area contributed by atoms with E-state index in [9.17, 15) is 4.79 Å². The summed E-state index contributed by atoms with van der Waals surface area (Å²) in [6.45, 7) is 4.89. The first-order chi connectivity index (χ1) is 9.70. The Morgan fingerprint density at radius 2 is 2.00 bits per heavy atom. The van der Waals surface area contributed by atoms with Gasteiger partial charge in [0.2, 0.25) is 5.56 Å². The van der Waals surface area contributed by atoms with E-state index in [0.29, 0.717) is 0 Å². The number of aryl methyl sites for hydroxylation is 2. The van der Waals surface area contributed by atoms with Gasteiger partial charge in [0.25, 0.3) is 0 Å². The Kier molecular flexibility index (Phi) is 3.14. The molecule has 0 spiro atoms. The molecule has 0 atom stereocenters. The lowest BCUT2D eigenvalue weighted by Crippen LogP contribution is -2.08. The van der Waals surface area contributed by atoms with Crippen LogP contribution in [-0.4, -0.2) is 14.8 Å². The van der Waals surface area contributed by atoms with E-state index < -0.39 is 0 Å². The van der Waals surface area contributed by atoms with Gasteiger partial charge in [-0.05, 0) is 24.5 Å². The molecule has 0 radical (unpaired) electrons. The second-order valence-corrected chi connectivity index (χ2v) is 4.95. The zero-order valence-corrected chi connectivity index (χ0v) is 11.7. The predicted octanol–water partition coefficient (Wildman–Crippen LogP) is 3.11. The fourth-order valence-corrected chi connectivity index (χ4v) is 2.61. The highest BCUT2D eigenvalue weighted by atomic mass is 16.1. The number of hydrogen-bond donors (Lipinski definition) is 1. The zero-order chi connectivity index (χ0) is 14.1. The molecule has 3 aromatic rings. The molecule has 0 unspecified atom stereocenters. The number of aromatic amines is 1. The van der Waals surface area contributed by atoms with Gasteiger partial charge in [0.15, 0.2) is 0 Å². The number of pyridine rings is 1. The van der Waals surface area contributed by atoms with Crippen LogP contribution in [0.3, 0.4) is 0 Å². The van der Waals surface area contributed by atoms with Crippen LogP contribution in [0.4, 0.5) is 0 Å². The molecule has 0 aliphatic carbocycles. The van der Waals surface area contributed by atoms with Gasteiger partial charge >= 0.3 is 0 Å². The smallest absolute Gasteiger partial charge is 0.250 e. The van der Waals surface area contributed by atoms with Crippen LogP contribution >= 0.6 is 0 Å². The number of nitrogens with zero attached hydrogens (tertiary/aromatic N) is 2. The molecule has 2 aromatic heterocycles. The van der Waals surface area contributed by atoms with Gasteiger partial charge in [0, 0.05) is 18.0 Å². The number of nitrogens with one attached hydrogen (secondary N) is 1. The Balaban J connectivity index is 2.35. The lowest BCUT2D eigenvalue weighted by Gasteiger charge is -2.05. The van der Waals surface area contributed by atoms with Crippen LogP contribution in [0.5, 0.6) is 0 Å². The Morgan fingerprint density at radius 3 is 2.70 bits per heavy atom. The molecule has 0 aliphatic heterocycles. The van der Waals surface area contributed by atoms with Crippen molar-refractivity contribution in [3.8, 4) is 11.1 Å². The number of aromatic nitrogens is 3. The van der Waals surface area contributed by atoms with Crippen LogP contribution in [0, 0.1) is 6.92 Å². The normalized spacial score (nSPS) is 11.1. The summed E-state index contributed by atoms with van der Waals surface area (Å²) in [4.78, 5) is 14.9. The second kappa shape index (κ2) is 4.96. The molecular formula is C16H17N3O. The first-order valence-electron chi connectivity index (χ1n) is 6.86. The molecule has 0 saturated carbocycles. The average Bonchev–Trinajstić information content (AvgIpc) is 2.76. The minimum Gasteiger partial charge on any atom is -0.307 e. The fourth-order valence-electron chi connectivity index (χ4n) is 2.61. The summed E-state index contributed by atoms with van der Waals surface area (Å²) in [5.74, 6) is 0. The standard InChI is InChI=1S/C16H17N3O/c1-3-9-19-16-15(11(2)18-19)13(10-14(20)17-16)12-7-5-4-6-8-12/h4-8,10H,3,9H2,1-2H3,(H,17,20). The highest BCUT2D eigenvalue weighted by molar-refractivity contribution is 5.94. The van der Waals surface area contributed by atoms with Crippen LogP contribution in [0.1, 0.15) is 19.0 Å². The van der Waals surface area contributed by atoms with E-state index in [1.165, 1.54) is 0 Å².